The number of amides is 3. The lowest BCUT2D eigenvalue weighted by Crippen LogP contribution is -2.31. The van der Waals surface area contributed by atoms with Crippen molar-refractivity contribution in [2.24, 2.45) is 17.8 Å². The van der Waals surface area contributed by atoms with Crippen LogP contribution >= 0.6 is 0 Å². The van der Waals surface area contributed by atoms with Crippen LogP contribution in [0, 0.1) is 31.6 Å². The summed E-state index contributed by atoms with van der Waals surface area (Å²) < 4.78 is 0. The van der Waals surface area contributed by atoms with Gasteiger partial charge in [-0.15, -0.1) is 0 Å². The van der Waals surface area contributed by atoms with Crippen LogP contribution in [0.4, 0.5) is 11.4 Å². The zero-order chi connectivity index (χ0) is 20.7. The zero-order valence-corrected chi connectivity index (χ0v) is 17.1. The lowest BCUT2D eigenvalue weighted by Gasteiger charge is -2.25. The van der Waals surface area contributed by atoms with Crippen LogP contribution in [0.15, 0.2) is 42.5 Å². The van der Waals surface area contributed by atoms with E-state index in [1.54, 1.807) is 24.3 Å². The second-order valence-electron chi connectivity index (χ2n) is 8.40. The van der Waals surface area contributed by atoms with Crippen molar-refractivity contribution in [1.82, 2.24) is 0 Å². The minimum absolute atomic E-state index is 0.126. The van der Waals surface area contributed by atoms with Crippen molar-refractivity contribution in [3.63, 3.8) is 0 Å². The molecule has 3 amide bonds. The summed E-state index contributed by atoms with van der Waals surface area (Å²) in [4.78, 5) is 40.0. The number of benzene rings is 2. The molecule has 2 aliphatic rings. The van der Waals surface area contributed by atoms with Crippen molar-refractivity contribution in [1.29, 1.82) is 0 Å². The molecule has 1 heterocycles. The normalized spacial score (nSPS) is 23.8. The fourth-order valence-electron chi connectivity index (χ4n) is 4.51. The van der Waals surface area contributed by atoms with Gasteiger partial charge in [-0.1, -0.05) is 25.1 Å². The van der Waals surface area contributed by atoms with Gasteiger partial charge in [0.25, 0.3) is 5.91 Å². The number of imide groups is 1. The van der Waals surface area contributed by atoms with Gasteiger partial charge >= 0.3 is 0 Å². The van der Waals surface area contributed by atoms with Crippen molar-refractivity contribution < 1.29 is 14.4 Å². The van der Waals surface area contributed by atoms with Gasteiger partial charge in [-0.05, 0) is 74.4 Å². The summed E-state index contributed by atoms with van der Waals surface area (Å²) >= 11 is 0. The third-order valence-corrected chi connectivity index (χ3v) is 6.41. The Morgan fingerprint density at radius 3 is 2.52 bits per heavy atom. The number of rotatable bonds is 3. The van der Waals surface area contributed by atoms with Gasteiger partial charge in [0.05, 0.1) is 17.5 Å². The molecule has 0 bridgehead atoms. The van der Waals surface area contributed by atoms with Crippen molar-refractivity contribution in [3.8, 4) is 0 Å². The Morgan fingerprint density at radius 1 is 1.00 bits per heavy atom. The van der Waals surface area contributed by atoms with Crippen molar-refractivity contribution in [2.75, 3.05) is 10.2 Å². The molecule has 1 aliphatic heterocycles. The summed E-state index contributed by atoms with van der Waals surface area (Å²) in [7, 11) is 0. The number of nitrogens with zero attached hydrogens (tertiary/aromatic N) is 1. The molecule has 2 aromatic rings. The molecular weight excluding hydrogens is 364 g/mol. The highest BCUT2D eigenvalue weighted by molar-refractivity contribution is 6.22. The number of fused-ring (bicyclic) bond motifs is 1. The average molecular weight is 390 g/mol. The molecule has 2 aromatic carbocycles. The maximum atomic E-state index is 13.0. The second kappa shape index (κ2) is 7.47. The third-order valence-electron chi connectivity index (χ3n) is 6.41. The molecule has 1 saturated carbocycles. The predicted octanol–water partition coefficient (Wildman–Crippen LogP) is 4.48. The molecule has 5 heteroatoms. The summed E-state index contributed by atoms with van der Waals surface area (Å²) in [5.41, 5.74) is 3.78. The second-order valence-corrected chi connectivity index (χ2v) is 8.40. The Labute approximate surface area is 171 Å². The molecule has 150 valence electrons. The van der Waals surface area contributed by atoms with Crippen LogP contribution in [0.2, 0.25) is 0 Å². The van der Waals surface area contributed by atoms with Gasteiger partial charge in [-0.3, -0.25) is 19.3 Å². The lowest BCUT2D eigenvalue weighted by atomic mass is 9.76. The van der Waals surface area contributed by atoms with Gasteiger partial charge in [0, 0.05) is 11.3 Å². The number of hydrogen-bond acceptors (Lipinski definition) is 3. The molecule has 0 spiro atoms. The zero-order valence-electron chi connectivity index (χ0n) is 17.1. The van der Waals surface area contributed by atoms with Crippen LogP contribution in [-0.4, -0.2) is 17.7 Å². The maximum absolute atomic E-state index is 13.0. The number of anilines is 2. The molecule has 3 atom stereocenters. The summed E-state index contributed by atoms with van der Waals surface area (Å²) in [6.07, 6.45) is 2.50. The van der Waals surface area contributed by atoms with E-state index in [9.17, 15) is 14.4 Å². The van der Waals surface area contributed by atoms with Gasteiger partial charge in [-0.25, -0.2) is 0 Å². The molecule has 4 rings (SSSR count). The molecule has 1 aliphatic carbocycles. The van der Waals surface area contributed by atoms with Crippen LogP contribution in [-0.2, 0) is 9.59 Å². The standard InChI is InChI=1S/C24H26N2O3/c1-14-10-11-19-20(12-14)24(29)26(23(19)28)18-8-5-7-17(13-18)22(27)25-21-9-4-6-15(2)16(21)3/h4-9,13-14,19-20H,10-12H2,1-3H3,(H,25,27)/t14-,19+,20+/m1/s1. The smallest absolute Gasteiger partial charge is 0.255 e. The Balaban J connectivity index is 1.59. The lowest BCUT2D eigenvalue weighted by molar-refractivity contribution is -0.122. The topological polar surface area (TPSA) is 66.5 Å². The van der Waals surface area contributed by atoms with Gasteiger partial charge in [0.2, 0.25) is 11.8 Å². The Bertz CT molecular complexity index is 997. The van der Waals surface area contributed by atoms with Crippen LogP contribution in [0.25, 0.3) is 0 Å². The number of hydrogen-bond donors (Lipinski definition) is 1. The van der Waals surface area contributed by atoms with Gasteiger partial charge in [0.15, 0.2) is 0 Å². The highest BCUT2D eigenvalue weighted by Gasteiger charge is 2.50. The summed E-state index contributed by atoms with van der Waals surface area (Å²) in [6, 6.07) is 12.5. The fraction of sp³-hybridized carbons (Fsp3) is 0.375. The number of aryl methyl sites for hydroxylation is 1. The monoisotopic (exact) mass is 390 g/mol. The molecule has 1 N–H and O–H groups in total. The van der Waals surface area contributed by atoms with Gasteiger partial charge in [0.1, 0.15) is 0 Å². The van der Waals surface area contributed by atoms with E-state index in [4.69, 9.17) is 0 Å². The van der Waals surface area contributed by atoms with E-state index in [-0.39, 0.29) is 29.6 Å². The number of carbonyl (C=O) groups excluding carboxylic acids is 3. The minimum atomic E-state index is -0.259. The molecule has 29 heavy (non-hydrogen) atoms. The van der Waals surface area contributed by atoms with E-state index in [1.807, 2.05) is 32.0 Å². The van der Waals surface area contributed by atoms with Gasteiger partial charge < -0.3 is 5.32 Å². The molecule has 1 saturated heterocycles. The van der Waals surface area contributed by atoms with E-state index in [2.05, 4.69) is 12.2 Å². The van der Waals surface area contributed by atoms with Crippen LogP contribution in [0.5, 0.6) is 0 Å². The highest BCUT2D eigenvalue weighted by Crippen LogP contribution is 2.42. The quantitative estimate of drug-likeness (QED) is 0.786. The molecule has 0 radical (unpaired) electrons. The highest BCUT2D eigenvalue weighted by atomic mass is 16.2. The summed E-state index contributed by atoms with van der Waals surface area (Å²) in [5, 5.41) is 2.94. The number of carbonyl (C=O) groups is 3. The van der Waals surface area contributed by atoms with E-state index in [0.29, 0.717) is 17.2 Å². The van der Waals surface area contributed by atoms with E-state index >= 15 is 0 Å². The first-order chi connectivity index (χ1) is 13.9. The van der Waals surface area contributed by atoms with E-state index in [0.717, 1.165) is 36.1 Å². The summed E-state index contributed by atoms with van der Waals surface area (Å²) in [6.45, 7) is 6.09. The molecular formula is C24H26N2O3. The van der Waals surface area contributed by atoms with Crippen molar-refractivity contribution in [3.05, 3.63) is 59.2 Å². The van der Waals surface area contributed by atoms with E-state index < -0.39 is 0 Å². The molecule has 5 nitrogen and oxygen atoms in total. The minimum Gasteiger partial charge on any atom is -0.322 e. The van der Waals surface area contributed by atoms with Crippen molar-refractivity contribution in [2.45, 2.75) is 40.0 Å². The Hall–Kier alpha value is -2.95. The Morgan fingerprint density at radius 2 is 1.72 bits per heavy atom. The fourth-order valence-corrected chi connectivity index (χ4v) is 4.51. The molecule has 2 fully saturated rings. The maximum Gasteiger partial charge on any atom is 0.255 e. The Kier molecular flexibility index (Phi) is 4.99. The molecule has 0 unspecified atom stereocenters. The largest absolute Gasteiger partial charge is 0.322 e. The first-order valence-corrected chi connectivity index (χ1v) is 10.2. The van der Waals surface area contributed by atoms with Crippen LogP contribution < -0.4 is 10.2 Å². The molecule has 0 aromatic heterocycles. The SMILES string of the molecule is Cc1cccc(NC(=O)c2cccc(N3C(=O)[C@H]4CC[C@@H](C)C[C@@H]4C3=O)c2)c1C. The number of nitrogens with one attached hydrogen (secondary N) is 1. The first kappa shape index (κ1) is 19.4. The third kappa shape index (κ3) is 3.46. The summed E-state index contributed by atoms with van der Waals surface area (Å²) in [5.74, 6) is -0.490. The van der Waals surface area contributed by atoms with Crippen LogP contribution in [0.3, 0.4) is 0 Å². The predicted molar refractivity (Wildman–Crippen MR) is 113 cm³/mol. The van der Waals surface area contributed by atoms with Crippen molar-refractivity contribution >= 4 is 29.1 Å². The van der Waals surface area contributed by atoms with E-state index in [1.165, 1.54) is 4.90 Å². The van der Waals surface area contributed by atoms with Crippen LogP contribution in [0.1, 0.15) is 47.7 Å². The van der Waals surface area contributed by atoms with Gasteiger partial charge in [-0.2, -0.15) is 0 Å². The first-order valence-electron chi connectivity index (χ1n) is 10.2. The average Bonchev–Trinajstić information content (AvgIpc) is 2.95.